The number of nitrogens with zero attached hydrogens (tertiary/aromatic N) is 2. The first-order valence-electron chi connectivity index (χ1n) is 10.8. The lowest BCUT2D eigenvalue weighted by atomic mass is 9.92. The normalized spacial score (nSPS) is 15.8. The summed E-state index contributed by atoms with van der Waals surface area (Å²) >= 11 is 0. The standard InChI is InChI=1S/C24H31N3O5S/c1-16(2)14-27-20-13-18(9-12-21(20)32-15-24(3,4)23(27)29)25-22(28)17-7-10-19(11-8-17)33(30,31)26(5)6/h7-13,16H,14-15H2,1-6H3,(H,25,28). The minimum Gasteiger partial charge on any atom is -0.490 e. The number of fused-ring (bicyclic) bond motifs is 1. The summed E-state index contributed by atoms with van der Waals surface area (Å²) in [5, 5.41) is 2.83. The van der Waals surface area contributed by atoms with Crippen LogP contribution in [0.25, 0.3) is 0 Å². The molecular weight excluding hydrogens is 442 g/mol. The third-order valence-corrected chi connectivity index (χ3v) is 7.19. The molecule has 1 aliphatic rings. The van der Waals surface area contributed by atoms with E-state index in [9.17, 15) is 18.0 Å². The predicted octanol–water partition coefficient (Wildman–Crippen LogP) is 3.60. The van der Waals surface area contributed by atoms with Crippen molar-refractivity contribution >= 4 is 33.2 Å². The Bertz CT molecular complexity index is 1160. The van der Waals surface area contributed by atoms with Gasteiger partial charge in [-0.15, -0.1) is 0 Å². The molecule has 2 aromatic rings. The zero-order chi connectivity index (χ0) is 24.6. The van der Waals surface area contributed by atoms with Crippen LogP contribution in [0.5, 0.6) is 5.75 Å². The van der Waals surface area contributed by atoms with Crippen molar-refractivity contribution in [3.8, 4) is 5.75 Å². The van der Waals surface area contributed by atoms with Crippen LogP contribution in [0.2, 0.25) is 0 Å². The van der Waals surface area contributed by atoms with Gasteiger partial charge in [0.2, 0.25) is 15.9 Å². The van der Waals surface area contributed by atoms with Gasteiger partial charge >= 0.3 is 0 Å². The zero-order valence-electron chi connectivity index (χ0n) is 19.9. The van der Waals surface area contributed by atoms with Crippen molar-refractivity contribution in [2.24, 2.45) is 11.3 Å². The van der Waals surface area contributed by atoms with Gasteiger partial charge in [-0.2, -0.15) is 0 Å². The summed E-state index contributed by atoms with van der Waals surface area (Å²) in [5.74, 6) is 0.410. The van der Waals surface area contributed by atoms with E-state index in [1.165, 1.54) is 38.4 Å². The molecule has 33 heavy (non-hydrogen) atoms. The second kappa shape index (κ2) is 9.15. The highest BCUT2D eigenvalue weighted by molar-refractivity contribution is 7.89. The average molecular weight is 474 g/mol. The van der Waals surface area contributed by atoms with Crippen LogP contribution in [-0.2, 0) is 14.8 Å². The van der Waals surface area contributed by atoms with E-state index in [-0.39, 0.29) is 29.2 Å². The van der Waals surface area contributed by atoms with Crippen molar-refractivity contribution < 1.29 is 22.7 Å². The van der Waals surface area contributed by atoms with E-state index in [1.54, 1.807) is 23.1 Å². The van der Waals surface area contributed by atoms with Gasteiger partial charge in [0.25, 0.3) is 5.91 Å². The second-order valence-corrected chi connectivity index (χ2v) is 11.6. The Labute approximate surface area is 195 Å². The van der Waals surface area contributed by atoms with Crippen molar-refractivity contribution in [2.75, 3.05) is 37.5 Å². The fraction of sp³-hybridized carbons (Fsp3) is 0.417. The molecule has 0 spiro atoms. The Morgan fingerprint density at radius 3 is 2.36 bits per heavy atom. The predicted molar refractivity (Wildman–Crippen MR) is 128 cm³/mol. The highest BCUT2D eigenvalue weighted by Gasteiger charge is 2.38. The molecule has 1 N–H and O–H groups in total. The molecule has 1 aliphatic heterocycles. The fourth-order valence-electron chi connectivity index (χ4n) is 3.46. The van der Waals surface area contributed by atoms with Gasteiger partial charge in [-0.1, -0.05) is 13.8 Å². The number of carbonyl (C=O) groups is 2. The summed E-state index contributed by atoms with van der Waals surface area (Å²) in [6.07, 6.45) is 0. The third-order valence-electron chi connectivity index (χ3n) is 5.36. The van der Waals surface area contributed by atoms with E-state index < -0.39 is 15.4 Å². The molecule has 2 amide bonds. The van der Waals surface area contributed by atoms with Crippen molar-refractivity contribution in [1.82, 2.24) is 4.31 Å². The van der Waals surface area contributed by atoms with Crippen molar-refractivity contribution in [3.63, 3.8) is 0 Å². The van der Waals surface area contributed by atoms with Gasteiger partial charge < -0.3 is 15.0 Å². The van der Waals surface area contributed by atoms with Crippen LogP contribution < -0.4 is 15.0 Å². The van der Waals surface area contributed by atoms with Crippen molar-refractivity contribution in [2.45, 2.75) is 32.6 Å². The Balaban J connectivity index is 1.88. The summed E-state index contributed by atoms with van der Waals surface area (Å²) in [5.41, 5.74) is 0.764. The topological polar surface area (TPSA) is 96.0 Å². The largest absolute Gasteiger partial charge is 0.490 e. The maximum Gasteiger partial charge on any atom is 0.255 e. The summed E-state index contributed by atoms with van der Waals surface area (Å²) < 4.78 is 31.5. The highest BCUT2D eigenvalue weighted by Crippen LogP contribution is 2.38. The van der Waals surface area contributed by atoms with E-state index >= 15 is 0 Å². The number of amides is 2. The Morgan fingerprint density at radius 1 is 1.15 bits per heavy atom. The van der Waals surface area contributed by atoms with Gasteiger partial charge in [-0.3, -0.25) is 9.59 Å². The number of anilines is 2. The lowest BCUT2D eigenvalue weighted by molar-refractivity contribution is -0.127. The van der Waals surface area contributed by atoms with Gasteiger partial charge in [0.1, 0.15) is 12.4 Å². The molecule has 0 aromatic heterocycles. The molecule has 0 radical (unpaired) electrons. The maximum atomic E-state index is 13.2. The fourth-order valence-corrected chi connectivity index (χ4v) is 4.36. The van der Waals surface area contributed by atoms with Crippen LogP contribution in [0.15, 0.2) is 47.4 Å². The smallest absolute Gasteiger partial charge is 0.255 e. The lowest BCUT2D eigenvalue weighted by Gasteiger charge is -2.29. The van der Waals surface area contributed by atoms with Crippen LogP contribution in [0.1, 0.15) is 38.1 Å². The first-order valence-corrected chi connectivity index (χ1v) is 12.2. The monoisotopic (exact) mass is 473 g/mol. The van der Waals surface area contributed by atoms with Crippen LogP contribution in [0, 0.1) is 11.3 Å². The van der Waals surface area contributed by atoms with Gasteiger partial charge in [-0.25, -0.2) is 12.7 Å². The number of nitrogens with one attached hydrogen (secondary N) is 1. The summed E-state index contributed by atoms with van der Waals surface area (Å²) in [7, 11) is -0.671. The van der Waals surface area contributed by atoms with E-state index in [1.807, 2.05) is 27.7 Å². The molecule has 0 saturated heterocycles. The van der Waals surface area contributed by atoms with E-state index in [4.69, 9.17) is 4.74 Å². The second-order valence-electron chi connectivity index (χ2n) is 9.43. The average Bonchev–Trinajstić information content (AvgIpc) is 2.83. The number of benzene rings is 2. The van der Waals surface area contributed by atoms with Crippen LogP contribution in [-0.4, -0.2) is 51.8 Å². The summed E-state index contributed by atoms with van der Waals surface area (Å²) in [6.45, 7) is 8.59. The lowest BCUT2D eigenvalue weighted by Crippen LogP contribution is -2.43. The molecule has 9 heteroatoms. The Hall–Kier alpha value is -2.91. The summed E-state index contributed by atoms with van der Waals surface area (Å²) in [4.78, 5) is 27.8. The minimum atomic E-state index is -3.57. The Kier molecular flexibility index (Phi) is 6.85. The van der Waals surface area contributed by atoms with Gasteiger partial charge in [0.15, 0.2) is 0 Å². The van der Waals surface area contributed by atoms with E-state index in [2.05, 4.69) is 5.32 Å². The van der Waals surface area contributed by atoms with Gasteiger partial charge in [0, 0.05) is 31.9 Å². The Morgan fingerprint density at radius 2 is 1.79 bits per heavy atom. The minimum absolute atomic E-state index is 0.0314. The van der Waals surface area contributed by atoms with Crippen LogP contribution in [0.4, 0.5) is 11.4 Å². The zero-order valence-corrected chi connectivity index (χ0v) is 20.7. The number of ether oxygens (including phenoxy) is 1. The van der Waals surface area contributed by atoms with E-state index in [0.29, 0.717) is 29.2 Å². The number of hydrogen-bond donors (Lipinski definition) is 1. The molecule has 0 fully saturated rings. The molecule has 0 unspecified atom stereocenters. The number of rotatable bonds is 6. The number of sulfonamides is 1. The molecule has 178 valence electrons. The maximum absolute atomic E-state index is 13.2. The SMILES string of the molecule is CC(C)CN1C(=O)C(C)(C)COc2ccc(NC(=O)c3ccc(S(=O)(=O)N(C)C)cc3)cc21. The molecule has 8 nitrogen and oxygen atoms in total. The van der Waals surface area contributed by atoms with Crippen molar-refractivity contribution in [1.29, 1.82) is 0 Å². The molecule has 0 saturated carbocycles. The van der Waals surface area contributed by atoms with E-state index in [0.717, 1.165) is 4.31 Å². The molecule has 0 aliphatic carbocycles. The van der Waals surface area contributed by atoms with Crippen molar-refractivity contribution in [3.05, 3.63) is 48.0 Å². The highest BCUT2D eigenvalue weighted by atomic mass is 32.2. The number of hydrogen-bond acceptors (Lipinski definition) is 5. The summed E-state index contributed by atoms with van der Waals surface area (Å²) in [6, 6.07) is 10.9. The molecular formula is C24H31N3O5S. The molecule has 3 rings (SSSR count). The number of carbonyl (C=O) groups excluding carboxylic acids is 2. The molecule has 0 atom stereocenters. The van der Waals surface area contributed by atoms with Gasteiger partial charge in [-0.05, 0) is 62.2 Å². The molecule has 0 bridgehead atoms. The third kappa shape index (κ3) is 5.20. The first-order chi connectivity index (χ1) is 15.3. The first kappa shape index (κ1) is 24.7. The molecule has 2 aromatic carbocycles. The quantitative estimate of drug-likeness (QED) is 0.692. The van der Waals surface area contributed by atoms with Crippen LogP contribution in [0.3, 0.4) is 0 Å². The molecule has 1 heterocycles. The van der Waals surface area contributed by atoms with Crippen LogP contribution >= 0.6 is 0 Å². The van der Waals surface area contributed by atoms with Gasteiger partial charge in [0.05, 0.1) is 16.0 Å².